The molecule has 0 spiro atoms. The summed E-state index contributed by atoms with van der Waals surface area (Å²) in [5.41, 5.74) is 5.36. The second-order valence-electron chi connectivity index (χ2n) is 6.82. The maximum Gasteiger partial charge on any atom is 0.187 e. The lowest BCUT2D eigenvalue weighted by Gasteiger charge is -2.36. The molecule has 1 aliphatic rings. The molecule has 0 aliphatic carbocycles. The van der Waals surface area contributed by atoms with Crippen molar-refractivity contribution in [1.29, 1.82) is 0 Å². The number of benzene rings is 2. The Bertz CT molecular complexity index is 757. The number of carbonyl (C=O) groups excluding carboxylic acids is 1. The molecule has 1 heterocycles. The molecule has 2 nitrogen and oxygen atoms in total. The first kappa shape index (κ1) is 15.5. The second kappa shape index (κ2) is 6.04. The highest BCUT2D eigenvalue weighted by Gasteiger charge is 2.28. The van der Waals surface area contributed by atoms with Crippen LogP contribution in [0.1, 0.15) is 47.8 Å². The summed E-state index contributed by atoms with van der Waals surface area (Å²) in [6, 6.07) is 16.0. The van der Waals surface area contributed by atoms with E-state index < -0.39 is 0 Å². The highest BCUT2D eigenvalue weighted by molar-refractivity contribution is 6.08. The van der Waals surface area contributed by atoms with Gasteiger partial charge >= 0.3 is 0 Å². The Hall–Kier alpha value is -2.35. The van der Waals surface area contributed by atoms with Crippen molar-refractivity contribution in [3.63, 3.8) is 0 Å². The first-order valence-corrected chi connectivity index (χ1v) is 8.20. The van der Waals surface area contributed by atoms with Crippen LogP contribution >= 0.6 is 0 Å². The van der Waals surface area contributed by atoms with Crippen LogP contribution in [0.25, 0.3) is 5.70 Å². The summed E-state index contributed by atoms with van der Waals surface area (Å²) in [4.78, 5) is 12.6. The van der Waals surface area contributed by atoms with Crippen LogP contribution in [0.4, 0.5) is 0 Å². The van der Waals surface area contributed by atoms with E-state index in [1.165, 1.54) is 11.1 Å². The van der Waals surface area contributed by atoms with E-state index in [2.05, 4.69) is 44.3 Å². The summed E-state index contributed by atoms with van der Waals surface area (Å²) in [6.07, 6.45) is 3.70. The molecule has 0 saturated heterocycles. The van der Waals surface area contributed by atoms with Crippen LogP contribution in [-0.4, -0.2) is 11.3 Å². The highest BCUT2D eigenvalue weighted by atomic mass is 16.1. The van der Waals surface area contributed by atoms with E-state index in [1.807, 2.05) is 30.3 Å². The number of nitrogens with one attached hydrogen (secondary N) is 1. The lowest BCUT2D eigenvalue weighted by molar-refractivity contribution is 0.104. The number of aryl methyl sites for hydroxylation is 1. The monoisotopic (exact) mass is 305 g/mol. The quantitative estimate of drug-likeness (QED) is 0.673. The highest BCUT2D eigenvalue weighted by Crippen LogP contribution is 2.30. The molecule has 2 heteroatoms. The minimum absolute atomic E-state index is 0.0404. The van der Waals surface area contributed by atoms with E-state index in [9.17, 15) is 4.79 Å². The average Bonchev–Trinajstić information content (AvgIpc) is 2.54. The first-order valence-electron chi connectivity index (χ1n) is 8.20. The Morgan fingerprint density at radius 2 is 1.91 bits per heavy atom. The predicted octanol–water partition coefficient (Wildman–Crippen LogP) is 4.40. The Labute approximate surface area is 138 Å². The fourth-order valence-corrected chi connectivity index (χ4v) is 3.13. The summed E-state index contributed by atoms with van der Waals surface area (Å²) in [5.74, 6) is 0.0404. The molecule has 0 bridgehead atoms. The van der Waals surface area contributed by atoms with Crippen molar-refractivity contribution in [2.24, 2.45) is 0 Å². The number of carbonyl (C=O) groups is 1. The van der Waals surface area contributed by atoms with Crippen LogP contribution in [-0.2, 0) is 12.8 Å². The predicted molar refractivity (Wildman–Crippen MR) is 95.5 cm³/mol. The molecular weight excluding hydrogens is 282 g/mol. The van der Waals surface area contributed by atoms with E-state index in [0.29, 0.717) is 0 Å². The van der Waals surface area contributed by atoms with E-state index >= 15 is 0 Å². The van der Waals surface area contributed by atoms with Crippen molar-refractivity contribution < 1.29 is 4.79 Å². The van der Waals surface area contributed by atoms with Gasteiger partial charge in [-0.3, -0.25) is 4.79 Å². The molecular formula is C21H23NO. The molecule has 2 aromatic rings. The van der Waals surface area contributed by atoms with Gasteiger partial charge < -0.3 is 5.32 Å². The zero-order chi connectivity index (χ0) is 16.4. The number of ketones is 1. The van der Waals surface area contributed by atoms with Gasteiger partial charge in [0.2, 0.25) is 0 Å². The van der Waals surface area contributed by atoms with Crippen molar-refractivity contribution in [3.8, 4) is 0 Å². The second-order valence-corrected chi connectivity index (χ2v) is 6.82. The summed E-state index contributed by atoms with van der Waals surface area (Å²) >= 11 is 0. The summed E-state index contributed by atoms with van der Waals surface area (Å²) < 4.78 is 0. The van der Waals surface area contributed by atoms with Gasteiger partial charge in [0.1, 0.15) is 0 Å². The summed E-state index contributed by atoms with van der Waals surface area (Å²) in [5, 5.41) is 3.54. The van der Waals surface area contributed by atoms with Crippen LogP contribution in [0.2, 0.25) is 0 Å². The minimum Gasteiger partial charge on any atom is -0.379 e. The SMILES string of the molecule is CCc1ccc2c(c1)/C(=C/C(=O)c1ccccc1)NC(C)(C)C2. The minimum atomic E-state index is -0.0521. The van der Waals surface area contributed by atoms with Crippen molar-refractivity contribution in [2.75, 3.05) is 0 Å². The van der Waals surface area contributed by atoms with Gasteiger partial charge in [0.05, 0.1) is 0 Å². The third-order valence-electron chi connectivity index (χ3n) is 4.31. The smallest absolute Gasteiger partial charge is 0.187 e. The van der Waals surface area contributed by atoms with Gasteiger partial charge in [0.25, 0.3) is 0 Å². The zero-order valence-corrected chi connectivity index (χ0v) is 14.0. The van der Waals surface area contributed by atoms with Crippen LogP contribution in [0.5, 0.6) is 0 Å². The molecule has 1 N–H and O–H groups in total. The maximum atomic E-state index is 12.6. The molecule has 0 amide bonds. The van der Waals surface area contributed by atoms with Crippen LogP contribution in [0.3, 0.4) is 0 Å². The van der Waals surface area contributed by atoms with Crippen molar-refractivity contribution in [1.82, 2.24) is 5.32 Å². The average molecular weight is 305 g/mol. The Morgan fingerprint density at radius 1 is 1.17 bits per heavy atom. The third-order valence-corrected chi connectivity index (χ3v) is 4.31. The molecule has 0 radical (unpaired) electrons. The Morgan fingerprint density at radius 3 is 2.61 bits per heavy atom. The normalized spacial score (nSPS) is 17.4. The number of hydrogen-bond acceptors (Lipinski definition) is 2. The first-order chi connectivity index (χ1) is 11.0. The molecule has 118 valence electrons. The summed E-state index contributed by atoms with van der Waals surface area (Å²) in [6.45, 7) is 6.50. The molecule has 0 fully saturated rings. The Kier molecular flexibility index (Phi) is 4.08. The van der Waals surface area contributed by atoms with Gasteiger partial charge in [-0.05, 0) is 43.9 Å². The number of hydrogen-bond donors (Lipinski definition) is 1. The molecule has 0 saturated carbocycles. The van der Waals surface area contributed by atoms with Gasteiger partial charge in [0, 0.05) is 28.4 Å². The van der Waals surface area contributed by atoms with Crippen molar-refractivity contribution >= 4 is 11.5 Å². The molecule has 2 aromatic carbocycles. The van der Waals surface area contributed by atoms with Gasteiger partial charge in [-0.1, -0.05) is 49.4 Å². The molecule has 3 rings (SSSR count). The number of rotatable bonds is 3. The molecule has 0 atom stereocenters. The molecule has 1 aliphatic heterocycles. The lowest BCUT2D eigenvalue weighted by atomic mass is 9.84. The van der Waals surface area contributed by atoms with Crippen LogP contribution < -0.4 is 5.32 Å². The topological polar surface area (TPSA) is 29.1 Å². The maximum absolute atomic E-state index is 12.6. The Balaban J connectivity index is 2.05. The number of allylic oxidation sites excluding steroid dienone is 1. The lowest BCUT2D eigenvalue weighted by Crippen LogP contribution is -2.43. The van der Waals surface area contributed by atoms with Crippen molar-refractivity contribution in [2.45, 2.75) is 39.2 Å². The summed E-state index contributed by atoms with van der Waals surface area (Å²) in [7, 11) is 0. The molecule has 23 heavy (non-hydrogen) atoms. The van der Waals surface area contributed by atoms with Gasteiger partial charge in [-0.15, -0.1) is 0 Å². The van der Waals surface area contributed by atoms with Crippen LogP contribution in [0, 0.1) is 0 Å². The van der Waals surface area contributed by atoms with E-state index in [0.717, 1.165) is 29.7 Å². The van der Waals surface area contributed by atoms with Crippen LogP contribution in [0.15, 0.2) is 54.6 Å². The molecule has 0 aromatic heterocycles. The van der Waals surface area contributed by atoms with E-state index in [4.69, 9.17) is 0 Å². The van der Waals surface area contributed by atoms with Gasteiger partial charge in [0.15, 0.2) is 5.78 Å². The van der Waals surface area contributed by atoms with Gasteiger partial charge in [-0.25, -0.2) is 0 Å². The van der Waals surface area contributed by atoms with Gasteiger partial charge in [-0.2, -0.15) is 0 Å². The number of fused-ring (bicyclic) bond motifs is 1. The van der Waals surface area contributed by atoms with E-state index in [1.54, 1.807) is 6.08 Å². The largest absolute Gasteiger partial charge is 0.379 e. The van der Waals surface area contributed by atoms with Crippen molar-refractivity contribution in [3.05, 3.63) is 76.9 Å². The zero-order valence-electron chi connectivity index (χ0n) is 14.0. The van der Waals surface area contributed by atoms with E-state index in [-0.39, 0.29) is 11.3 Å². The standard InChI is InChI=1S/C21H23NO/c1-4-15-10-11-17-14-21(2,3)22-19(18(17)12-15)13-20(23)16-8-6-5-7-9-16/h5-13,22H,4,14H2,1-3H3/b19-13-. The fourth-order valence-electron chi connectivity index (χ4n) is 3.13. The third kappa shape index (κ3) is 3.37. The fraction of sp³-hybridized carbons (Fsp3) is 0.286. The molecule has 0 unspecified atom stereocenters.